The molecule has 0 aliphatic heterocycles. The average Bonchev–Trinajstić information content (AvgIpc) is 2.89. The number of nitrogens with zero attached hydrogens (tertiary/aromatic N) is 2. The maximum Gasteiger partial charge on any atom is 0.250 e. The predicted molar refractivity (Wildman–Crippen MR) is 66.1 cm³/mol. The van der Waals surface area contributed by atoms with Crippen LogP contribution in [0.2, 0.25) is 0 Å². The number of hydrogen-bond donors (Lipinski definition) is 2. The van der Waals surface area contributed by atoms with E-state index in [4.69, 9.17) is 5.73 Å². The first kappa shape index (κ1) is 12.1. The zero-order chi connectivity index (χ0) is 12.3. The van der Waals surface area contributed by atoms with Gasteiger partial charge < -0.3 is 5.73 Å². The van der Waals surface area contributed by atoms with E-state index in [1.54, 1.807) is 28.4 Å². The number of nitrogen functional groups attached to an aromatic ring is 1. The maximum atomic E-state index is 11.7. The van der Waals surface area contributed by atoms with Crippen LogP contribution in [0.5, 0.6) is 0 Å². The van der Waals surface area contributed by atoms with Crippen LogP contribution >= 0.6 is 11.3 Å². The first-order valence-electron chi connectivity index (χ1n) is 4.89. The Labute approximate surface area is 103 Å². The average molecular weight is 272 g/mol. The quantitative estimate of drug-likeness (QED) is 0.829. The van der Waals surface area contributed by atoms with Crippen LogP contribution in [0.15, 0.2) is 34.1 Å². The molecule has 0 fully saturated rings. The smallest absolute Gasteiger partial charge is 0.250 e. The lowest BCUT2D eigenvalue weighted by Gasteiger charge is -2.04. The Hall–Kier alpha value is -1.38. The number of aromatic nitrogens is 2. The van der Waals surface area contributed by atoms with E-state index in [1.165, 1.54) is 17.5 Å². The van der Waals surface area contributed by atoms with Gasteiger partial charge in [-0.05, 0) is 11.4 Å². The van der Waals surface area contributed by atoms with Crippen LogP contribution < -0.4 is 10.5 Å². The van der Waals surface area contributed by atoms with Gasteiger partial charge in [0.15, 0.2) is 0 Å². The van der Waals surface area contributed by atoms with Gasteiger partial charge in [-0.15, -0.1) is 11.3 Å². The molecule has 6 nitrogen and oxygen atoms in total. The zero-order valence-electron chi connectivity index (χ0n) is 8.91. The van der Waals surface area contributed by atoms with Crippen LogP contribution in [0.3, 0.4) is 0 Å². The summed E-state index contributed by atoms with van der Waals surface area (Å²) in [6.07, 6.45) is 3.17. The summed E-state index contributed by atoms with van der Waals surface area (Å²) in [5.41, 5.74) is 6.05. The molecule has 0 atom stereocenters. The highest BCUT2D eigenvalue weighted by Crippen LogP contribution is 2.14. The van der Waals surface area contributed by atoms with Crippen molar-refractivity contribution in [2.75, 3.05) is 12.3 Å². The van der Waals surface area contributed by atoms with Gasteiger partial charge in [0.25, 0.3) is 0 Å². The zero-order valence-corrected chi connectivity index (χ0v) is 10.5. The molecule has 2 aromatic heterocycles. The normalized spacial score (nSPS) is 11.8. The molecule has 3 N–H and O–H groups in total. The first-order chi connectivity index (χ1) is 8.08. The van der Waals surface area contributed by atoms with Crippen LogP contribution in [0, 0.1) is 0 Å². The SMILES string of the molecule is Nc1cnn(CCNS(=O)(=O)c2cccs2)c1. The van der Waals surface area contributed by atoms with Crippen molar-refractivity contribution in [1.82, 2.24) is 14.5 Å². The second kappa shape index (κ2) is 4.86. The number of sulfonamides is 1. The molecule has 8 heteroatoms. The molecule has 2 heterocycles. The third-order valence-electron chi connectivity index (χ3n) is 2.05. The number of nitrogens with one attached hydrogen (secondary N) is 1. The van der Waals surface area contributed by atoms with Gasteiger partial charge in [-0.25, -0.2) is 13.1 Å². The van der Waals surface area contributed by atoms with Crippen LogP contribution in [0.1, 0.15) is 0 Å². The van der Waals surface area contributed by atoms with Crippen LogP contribution in [-0.2, 0) is 16.6 Å². The number of nitrogens with two attached hydrogens (primary N) is 1. The van der Waals surface area contributed by atoms with Crippen molar-refractivity contribution >= 4 is 27.0 Å². The molecular formula is C9H12N4O2S2. The molecule has 0 saturated heterocycles. The molecule has 0 radical (unpaired) electrons. The van der Waals surface area contributed by atoms with Crippen molar-refractivity contribution in [3.63, 3.8) is 0 Å². The highest BCUT2D eigenvalue weighted by Gasteiger charge is 2.13. The summed E-state index contributed by atoms with van der Waals surface area (Å²) < 4.78 is 27.9. The van der Waals surface area contributed by atoms with E-state index in [0.717, 1.165) is 0 Å². The van der Waals surface area contributed by atoms with E-state index in [9.17, 15) is 8.42 Å². The molecule has 0 bridgehead atoms. The van der Waals surface area contributed by atoms with E-state index in [0.29, 0.717) is 16.4 Å². The Morgan fingerprint density at radius 3 is 2.94 bits per heavy atom. The van der Waals surface area contributed by atoms with E-state index >= 15 is 0 Å². The van der Waals surface area contributed by atoms with Gasteiger partial charge in [-0.1, -0.05) is 6.07 Å². The fourth-order valence-corrected chi connectivity index (χ4v) is 3.34. The maximum absolute atomic E-state index is 11.7. The Kier molecular flexibility index (Phi) is 3.46. The fraction of sp³-hybridized carbons (Fsp3) is 0.222. The summed E-state index contributed by atoms with van der Waals surface area (Å²) in [6.45, 7) is 0.725. The van der Waals surface area contributed by atoms with Gasteiger partial charge in [-0.3, -0.25) is 4.68 Å². The largest absolute Gasteiger partial charge is 0.396 e. The Morgan fingerprint density at radius 2 is 2.35 bits per heavy atom. The van der Waals surface area contributed by atoms with Crippen molar-refractivity contribution in [3.05, 3.63) is 29.9 Å². The summed E-state index contributed by atoms with van der Waals surface area (Å²) in [5.74, 6) is 0. The molecule has 17 heavy (non-hydrogen) atoms. The molecule has 0 unspecified atom stereocenters. The molecule has 0 saturated carbocycles. The van der Waals surface area contributed by atoms with Crippen molar-refractivity contribution in [2.45, 2.75) is 10.8 Å². The number of anilines is 1. The molecule has 0 amide bonds. The monoisotopic (exact) mass is 272 g/mol. The van der Waals surface area contributed by atoms with E-state index in [2.05, 4.69) is 9.82 Å². The summed E-state index contributed by atoms with van der Waals surface area (Å²) >= 11 is 1.19. The second-order valence-electron chi connectivity index (χ2n) is 3.37. The second-order valence-corrected chi connectivity index (χ2v) is 6.31. The minimum atomic E-state index is -3.38. The molecule has 0 aliphatic rings. The molecule has 0 aromatic carbocycles. The third-order valence-corrected chi connectivity index (χ3v) is 4.90. The Morgan fingerprint density at radius 1 is 1.53 bits per heavy atom. The predicted octanol–water partition coefficient (Wildman–Crippen LogP) is 0.505. The summed E-state index contributed by atoms with van der Waals surface area (Å²) in [5, 5.41) is 5.68. The van der Waals surface area contributed by atoms with Crippen LogP contribution in [0.25, 0.3) is 0 Å². The molecule has 0 spiro atoms. The standard InChI is InChI=1S/C9H12N4O2S2/c10-8-6-11-13(7-8)4-3-12-17(14,15)9-2-1-5-16-9/h1-2,5-7,12H,3-4,10H2. The summed E-state index contributed by atoms with van der Waals surface area (Å²) in [7, 11) is -3.38. The fourth-order valence-electron chi connectivity index (χ4n) is 1.28. The number of thiophene rings is 1. The minimum absolute atomic E-state index is 0.279. The highest BCUT2D eigenvalue weighted by atomic mass is 32.2. The lowest BCUT2D eigenvalue weighted by atomic mass is 10.6. The number of hydrogen-bond acceptors (Lipinski definition) is 5. The van der Waals surface area contributed by atoms with Crippen molar-refractivity contribution < 1.29 is 8.42 Å². The summed E-state index contributed by atoms with van der Waals surface area (Å²) in [6, 6.07) is 3.27. The summed E-state index contributed by atoms with van der Waals surface area (Å²) in [4.78, 5) is 0. The minimum Gasteiger partial charge on any atom is -0.396 e. The highest BCUT2D eigenvalue weighted by molar-refractivity contribution is 7.91. The Bertz CT molecular complexity index is 574. The van der Waals surface area contributed by atoms with E-state index < -0.39 is 10.0 Å². The van der Waals surface area contributed by atoms with Crippen molar-refractivity contribution in [1.29, 1.82) is 0 Å². The van der Waals surface area contributed by atoms with Crippen LogP contribution in [-0.4, -0.2) is 24.7 Å². The van der Waals surface area contributed by atoms with Crippen molar-refractivity contribution in [3.8, 4) is 0 Å². The number of rotatable bonds is 5. The van der Waals surface area contributed by atoms with Gasteiger partial charge in [0.1, 0.15) is 4.21 Å². The van der Waals surface area contributed by atoms with Crippen molar-refractivity contribution in [2.24, 2.45) is 0 Å². The van der Waals surface area contributed by atoms with Gasteiger partial charge >= 0.3 is 0 Å². The Balaban J connectivity index is 1.91. The molecular weight excluding hydrogens is 260 g/mol. The van der Waals surface area contributed by atoms with Gasteiger partial charge in [-0.2, -0.15) is 5.10 Å². The van der Waals surface area contributed by atoms with Crippen LogP contribution in [0.4, 0.5) is 5.69 Å². The van der Waals surface area contributed by atoms with Gasteiger partial charge in [0, 0.05) is 12.7 Å². The molecule has 2 aromatic rings. The topological polar surface area (TPSA) is 90.0 Å². The molecule has 2 rings (SSSR count). The molecule has 92 valence electrons. The lowest BCUT2D eigenvalue weighted by molar-refractivity contribution is 0.562. The lowest BCUT2D eigenvalue weighted by Crippen LogP contribution is -2.26. The first-order valence-corrected chi connectivity index (χ1v) is 7.25. The molecule has 0 aliphatic carbocycles. The van der Waals surface area contributed by atoms with E-state index in [-0.39, 0.29) is 6.54 Å². The third kappa shape index (κ3) is 3.05. The van der Waals surface area contributed by atoms with Gasteiger partial charge in [0.2, 0.25) is 10.0 Å². The van der Waals surface area contributed by atoms with Gasteiger partial charge in [0.05, 0.1) is 18.4 Å². The van der Waals surface area contributed by atoms with E-state index in [1.807, 2.05) is 0 Å².